The highest BCUT2D eigenvalue weighted by Gasteiger charge is 2.25. The summed E-state index contributed by atoms with van der Waals surface area (Å²) in [6, 6.07) is 12.9. The molecule has 27 heavy (non-hydrogen) atoms. The smallest absolute Gasteiger partial charge is 0.242 e. The molecule has 1 saturated heterocycles. The zero-order valence-corrected chi connectivity index (χ0v) is 15.1. The maximum Gasteiger partial charge on any atom is 0.242 e. The van der Waals surface area contributed by atoms with Crippen LogP contribution in [0, 0.1) is 11.6 Å². The van der Waals surface area contributed by atoms with E-state index in [1.807, 2.05) is 30.3 Å². The van der Waals surface area contributed by atoms with Crippen molar-refractivity contribution in [1.82, 2.24) is 4.90 Å². The van der Waals surface area contributed by atoms with E-state index >= 15 is 0 Å². The predicted octanol–water partition coefficient (Wildman–Crippen LogP) is 2.67. The molecule has 2 amide bonds. The summed E-state index contributed by atoms with van der Waals surface area (Å²) in [6.45, 7) is 3.38. The second kappa shape index (κ2) is 8.16. The molecule has 2 aromatic carbocycles. The number of piperazine rings is 1. The van der Waals surface area contributed by atoms with Crippen molar-refractivity contribution in [2.45, 2.75) is 6.92 Å². The molecule has 0 aromatic heterocycles. The number of para-hydroxylation sites is 1. The van der Waals surface area contributed by atoms with E-state index in [1.165, 1.54) is 13.0 Å². The first-order valence-electron chi connectivity index (χ1n) is 8.76. The van der Waals surface area contributed by atoms with Gasteiger partial charge in [-0.15, -0.1) is 0 Å². The van der Waals surface area contributed by atoms with Gasteiger partial charge in [-0.3, -0.25) is 9.59 Å². The van der Waals surface area contributed by atoms with Gasteiger partial charge in [0.05, 0.1) is 5.69 Å². The van der Waals surface area contributed by atoms with Crippen molar-refractivity contribution in [2.24, 2.45) is 0 Å². The summed E-state index contributed by atoms with van der Waals surface area (Å²) < 4.78 is 27.1. The van der Waals surface area contributed by atoms with Gasteiger partial charge in [-0.1, -0.05) is 18.2 Å². The standard InChI is InChI=1S/C20H21F2N3O2/c1-15(26)25(19-8-7-16(21)13-18(19)22)14-20(27)24-11-9-23(10-12-24)17-5-3-2-4-6-17/h2-8,13H,9-12,14H2,1H3. The van der Waals surface area contributed by atoms with Crippen LogP contribution in [0.5, 0.6) is 0 Å². The number of amides is 2. The number of carbonyl (C=O) groups excluding carboxylic acids is 2. The quantitative estimate of drug-likeness (QED) is 0.828. The van der Waals surface area contributed by atoms with Crippen LogP contribution in [0.4, 0.5) is 20.2 Å². The summed E-state index contributed by atoms with van der Waals surface area (Å²) >= 11 is 0. The molecule has 0 radical (unpaired) electrons. The summed E-state index contributed by atoms with van der Waals surface area (Å²) in [5.74, 6) is -2.34. The first-order valence-corrected chi connectivity index (χ1v) is 8.76. The lowest BCUT2D eigenvalue weighted by atomic mass is 10.2. The third-order valence-corrected chi connectivity index (χ3v) is 4.63. The summed E-state index contributed by atoms with van der Waals surface area (Å²) in [7, 11) is 0. The monoisotopic (exact) mass is 373 g/mol. The Morgan fingerprint density at radius 3 is 2.26 bits per heavy atom. The average Bonchev–Trinajstić information content (AvgIpc) is 2.67. The molecule has 3 rings (SSSR count). The molecule has 5 nitrogen and oxygen atoms in total. The van der Waals surface area contributed by atoms with Crippen LogP contribution in [0.25, 0.3) is 0 Å². The van der Waals surface area contributed by atoms with Crippen LogP contribution in [-0.2, 0) is 9.59 Å². The lowest BCUT2D eigenvalue weighted by Gasteiger charge is -2.37. The van der Waals surface area contributed by atoms with Crippen LogP contribution in [0.15, 0.2) is 48.5 Å². The topological polar surface area (TPSA) is 43.9 Å². The van der Waals surface area contributed by atoms with Crippen molar-refractivity contribution in [3.63, 3.8) is 0 Å². The molecule has 0 saturated carbocycles. The highest BCUT2D eigenvalue weighted by atomic mass is 19.1. The first kappa shape index (κ1) is 18.8. The molecule has 2 aromatic rings. The molecule has 0 bridgehead atoms. The second-order valence-electron chi connectivity index (χ2n) is 6.40. The minimum absolute atomic E-state index is 0.0971. The minimum Gasteiger partial charge on any atom is -0.368 e. The Morgan fingerprint density at radius 2 is 1.67 bits per heavy atom. The van der Waals surface area contributed by atoms with Gasteiger partial charge in [0.1, 0.15) is 18.2 Å². The molecule has 0 N–H and O–H groups in total. The van der Waals surface area contributed by atoms with Crippen molar-refractivity contribution in [3.05, 3.63) is 60.2 Å². The molecule has 0 atom stereocenters. The van der Waals surface area contributed by atoms with Crippen molar-refractivity contribution >= 4 is 23.2 Å². The third-order valence-electron chi connectivity index (χ3n) is 4.63. The molecule has 1 aliphatic heterocycles. The zero-order valence-electron chi connectivity index (χ0n) is 15.1. The van der Waals surface area contributed by atoms with Gasteiger partial charge in [-0.2, -0.15) is 0 Å². The van der Waals surface area contributed by atoms with E-state index in [1.54, 1.807) is 4.90 Å². The van der Waals surface area contributed by atoms with Gasteiger partial charge in [-0.25, -0.2) is 8.78 Å². The molecule has 0 unspecified atom stereocenters. The number of anilines is 2. The van der Waals surface area contributed by atoms with Crippen LogP contribution in [0.1, 0.15) is 6.92 Å². The molecule has 0 spiro atoms. The molecule has 142 valence electrons. The number of hydrogen-bond acceptors (Lipinski definition) is 3. The largest absolute Gasteiger partial charge is 0.368 e. The van der Waals surface area contributed by atoms with E-state index in [2.05, 4.69) is 4.90 Å². The Bertz CT molecular complexity index is 821. The van der Waals surface area contributed by atoms with Gasteiger partial charge in [-0.05, 0) is 24.3 Å². The minimum atomic E-state index is -0.869. The maximum absolute atomic E-state index is 14.0. The Labute approximate surface area is 156 Å². The van der Waals surface area contributed by atoms with Gasteiger partial charge in [0.15, 0.2) is 0 Å². The highest BCUT2D eigenvalue weighted by Crippen LogP contribution is 2.21. The van der Waals surface area contributed by atoms with E-state index in [4.69, 9.17) is 0 Å². The van der Waals surface area contributed by atoms with Crippen LogP contribution in [-0.4, -0.2) is 49.4 Å². The summed E-state index contributed by atoms with van der Waals surface area (Å²) in [5.41, 5.74) is 1.00. The maximum atomic E-state index is 14.0. The van der Waals surface area contributed by atoms with E-state index < -0.39 is 17.5 Å². The molecule has 0 aliphatic carbocycles. The Balaban J connectivity index is 1.64. The fourth-order valence-corrected chi connectivity index (χ4v) is 3.15. The SMILES string of the molecule is CC(=O)N(CC(=O)N1CCN(c2ccccc2)CC1)c1ccc(F)cc1F. The van der Waals surface area contributed by atoms with Crippen molar-refractivity contribution in [1.29, 1.82) is 0 Å². The number of carbonyl (C=O) groups is 2. The van der Waals surface area contributed by atoms with Gasteiger partial charge >= 0.3 is 0 Å². The Morgan fingerprint density at radius 1 is 1.00 bits per heavy atom. The zero-order chi connectivity index (χ0) is 19.4. The van der Waals surface area contributed by atoms with E-state index in [0.29, 0.717) is 32.2 Å². The molecule has 1 heterocycles. The highest BCUT2D eigenvalue weighted by molar-refractivity contribution is 5.97. The number of rotatable bonds is 4. The summed E-state index contributed by atoms with van der Waals surface area (Å²) in [6.07, 6.45) is 0. The van der Waals surface area contributed by atoms with Crippen LogP contribution >= 0.6 is 0 Å². The molecule has 7 heteroatoms. The van der Waals surface area contributed by atoms with Gasteiger partial charge < -0.3 is 14.7 Å². The fourth-order valence-electron chi connectivity index (χ4n) is 3.15. The van der Waals surface area contributed by atoms with Crippen molar-refractivity contribution in [3.8, 4) is 0 Å². The Hall–Kier alpha value is -2.96. The Kier molecular flexibility index (Phi) is 5.69. The molecular formula is C20H21F2N3O2. The normalized spacial score (nSPS) is 14.2. The van der Waals surface area contributed by atoms with Gasteiger partial charge in [0.2, 0.25) is 11.8 Å². The lowest BCUT2D eigenvalue weighted by Crippen LogP contribution is -2.52. The fraction of sp³-hybridized carbons (Fsp3) is 0.300. The summed E-state index contributed by atoms with van der Waals surface area (Å²) in [5, 5.41) is 0. The van der Waals surface area contributed by atoms with Crippen LogP contribution in [0.2, 0.25) is 0 Å². The van der Waals surface area contributed by atoms with Gasteiger partial charge in [0.25, 0.3) is 0 Å². The lowest BCUT2D eigenvalue weighted by molar-refractivity contribution is -0.131. The average molecular weight is 373 g/mol. The molecule has 1 fully saturated rings. The third kappa shape index (κ3) is 4.42. The molecular weight excluding hydrogens is 352 g/mol. The first-order chi connectivity index (χ1) is 13.0. The van der Waals surface area contributed by atoms with Crippen molar-refractivity contribution < 1.29 is 18.4 Å². The van der Waals surface area contributed by atoms with Crippen LogP contribution < -0.4 is 9.80 Å². The number of nitrogens with zero attached hydrogens (tertiary/aromatic N) is 3. The predicted molar refractivity (Wildman–Crippen MR) is 99.6 cm³/mol. The number of benzene rings is 2. The number of hydrogen-bond donors (Lipinski definition) is 0. The molecule has 1 aliphatic rings. The van der Waals surface area contributed by atoms with E-state index in [0.717, 1.165) is 16.7 Å². The van der Waals surface area contributed by atoms with Crippen LogP contribution in [0.3, 0.4) is 0 Å². The number of halogens is 2. The second-order valence-corrected chi connectivity index (χ2v) is 6.40. The van der Waals surface area contributed by atoms with E-state index in [-0.39, 0.29) is 18.1 Å². The van der Waals surface area contributed by atoms with Gasteiger partial charge in [0, 0.05) is 44.9 Å². The van der Waals surface area contributed by atoms with E-state index in [9.17, 15) is 18.4 Å². The van der Waals surface area contributed by atoms with Crippen molar-refractivity contribution in [2.75, 3.05) is 42.5 Å². The summed E-state index contributed by atoms with van der Waals surface area (Å²) in [4.78, 5) is 29.4.